The summed E-state index contributed by atoms with van der Waals surface area (Å²) in [6, 6.07) is 1.75. The summed E-state index contributed by atoms with van der Waals surface area (Å²) in [6.45, 7) is 2.53. The molecular formula is C11H13N3O2. The number of nitrogen functional groups attached to an aromatic ring is 1. The zero-order valence-electron chi connectivity index (χ0n) is 9.06. The number of anilines is 2. The fourth-order valence-corrected chi connectivity index (χ4v) is 2.41. The van der Waals surface area contributed by atoms with Crippen molar-refractivity contribution in [2.45, 2.75) is 25.3 Å². The number of hydrogen-bond acceptors (Lipinski definition) is 4. The van der Waals surface area contributed by atoms with Gasteiger partial charge in [0, 0.05) is 6.42 Å². The largest absolute Gasteiger partial charge is 0.474 e. The molecule has 2 aliphatic heterocycles. The molecule has 1 amide bonds. The Morgan fingerprint density at radius 1 is 1.62 bits per heavy atom. The van der Waals surface area contributed by atoms with Crippen LogP contribution in [0, 0.1) is 0 Å². The van der Waals surface area contributed by atoms with Gasteiger partial charge in [0.2, 0.25) is 11.8 Å². The van der Waals surface area contributed by atoms with E-state index in [-0.39, 0.29) is 11.4 Å². The number of hydrogen-bond donors (Lipinski definition) is 1. The number of amides is 1. The molecule has 5 nitrogen and oxygen atoms in total. The molecule has 3 rings (SSSR count). The first-order chi connectivity index (χ1) is 7.60. The van der Waals surface area contributed by atoms with E-state index in [9.17, 15) is 4.79 Å². The minimum Gasteiger partial charge on any atom is -0.474 e. The van der Waals surface area contributed by atoms with Crippen LogP contribution in [0.15, 0.2) is 12.3 Å². The van der Waals surface area contributed by atoms with Crippen LogP contribution in [-0.2, 0) is 4.79 Å². The van der Waals surface area contributed by atoms with Crippen molar-refractivity contribution in [2.75, 3.05) is 17.2 Å². The topological polar surface area (TPSA) is 68.5 Å². The molecule has 5 heteroatoms. The van der Waals surface area contributed by atoms with E-state index in [0.29, 0.717) is 30.3 Å². The number of nitrogens with zero attached hydrogens (tertiary/aromatic N) is 2. The van der Waals surface area contributed by atoms with Crippen LogP contribution in [0.25, 0.3) is 0 Å². The zero-order chi connectivity index (χ0) is 11.3. The van der Waals surface area contributed by atoms with Crippen LogP contribution in [-0.4, -0.2) is 23.0 Å². The van der Waals surface area contributed by atoms with Crippen molar-refractivity contribution in [3.8, 4) is 5.88 Å². The normalized spacial score (nSPS) is 27.3. The van der Waals surface area contributed by atoms with Gasteiger partial charge in [-0.15, -0.1) is 0 Å². The van der Waals surface area contributed by atoms with Gasteiger partial charge in [-0.05, 0) is 19.4 Å². The highest BCUT2D eigenvalue weighted by molar-refractivity contribution is 5.99. The Balaban J connectivity index is 2.17. The first kappa shape index (κ1) is 9.45. The average molecular weight is 219 g/mol. The molecule has 0 saturated carbocycles. The van der Waals surface area contributed by atoms with Crippen molar-refractivity contribution in [3.05, 3.63) is 12.3 Å². The number of carbonyl (C=O) groups is 1. The molecule has 0 radical (unpaired) electrons. The van der Waals surface area contributed by atoms with Crippen molar-refractivity contribution < 1.29 is 9.53 Å². The van der Waals surface area contributed by atoms with E-state index >= 15 is 0 Å². The highest BCUT2D eigenvalue weighted by Gasteiger charge is 2.47. The average Bonchev–Trinajstić information content (AvgIpc) is 2.55. The fourth-order valence-electron chi connectivity index (χ4n) is 2.41. The predicted octanol–water partition coefficient (Wildman–Crippen LogP) is 0.942. The molecule has 84 valence electrons. The minimum atomic E-state index is -0.237. The highest BCUT2D eigenvalue weighted by Crippen LogP contribution is 2.43. The van der Waals surface area contributed by atoms with E-state index in [1.807, 2.05) is 6.92 Å². The Morgan fingerprint density at radius 3 is 3.25 bits per heavy atom. The Labute approximate surface area is 93.2 Å². The van der Waals surface area contributed by atoms with Crippen molar-refractivity contribution in [3.63, 3.8) is 0 Å². The van der Waals surface area contributed by atoms with Gasteiger partial charge < -0.3 is 10.5 Å². The quantitative estimate of drug-likeness (QED) is 0.705. The third kappa shape index (κ3) is 1.11. The van der Waals surface area contributed by atoms with Crippen LogP contribution in [0.5, 0.6) is 5.88 Å². The SMILES string of the molecule is C[C@@]12CCC(=O)N1c1cc(N)cnc1OC2. The van der Waals surface area contributed by atoms with Gasteiger partial charge in [0.1, 0.15) is 12.3 Å². The summed E-state index contributed by atoms with van der Waals surface area (Å²) in [5.41, 5.74) is 6.71. The molecule has 1 fully saturated rings. The smallest absolute Gasteiger partial charge is 0.238 e. The van der Waals surface area contributed by atoms with Crippen molar-refractivity contribution in [2.24, 2.45) is 0 Å². The van der Waals surface area contributed by atoms with E-state index < -0.39 is 0 Å². The Morgan fingerprint density at radius 2 is 2.44 bits per heavy atom. The molecule has 1 saturated heterocycles. The summed E-state index contributed by atoms with van der Waals surface area (Å²) in [7, 11) is 0. The molecule has 1 aromatic rings. The van der Waals surface area contributed by atoms with Gasteiger partial charge in [-0.25, -0.2) is 4.98 Å². The van der Waals surface area contributed by atoms with Gasteiger partial charge in [0.25, 0.3) is 0 Å². The number of rotatable bonds is 0. The van der Waals surface area contributed by atoms with Crippen LogP contribution in [0.2, 0.25) is 0 Å². The lowest BCUT2D eigenvalue weighted by atomic mass is 9.98. The molecule has 16 heavy (non-hydrogen) atoms. The van der Waals surface area contributed by atoms with Gasteiger partial charge in [0.05, 0.1) is 17.4 Å². The lowest BCUT2D eigenvalue weighted by Crippen LogP contribution is -2.51. The summed E-state index contributed by atoms with van der Waals surface area (Å²) in [6.07, 6.45) is 2.93. The van der Waals surface area contributed by atoms with E-state index in [1.165, 1.54) is 0 Å². The first-order valence-corrected chi connectivity index (χ1v) is 5.31. The van der Waals surface area contributed by atoms with Gasteiger partial charge in [-0.2, -0.15) is 0 Å². The standard InChI is InChI=1S/C11H13N3O2/c1-11-3-2-9(15)14(11)8-4-7(12)5-13-10(8)16-6-11/h4-5H,2-3,6,12H2,1H3/t11-/m0/s1. The van der Waals surface area contributed by atoms with Crippen molar-refractivity contribution in [1.82, 2.24) is 4.98 Å². The molecule has 2 N–H and O–H groups in total. The molecule has 0 aliphatic carbocycles. The van der Waals surface area contributed by atoms with Gasteiger partial charge in [0.15, 0.2) is 0 Å². The van der Waals surface area contributed by atoms with Crippen LogP contribution < -0.4 is 15.4 Å². The lowest BCUT2D eigenvalue weighted by molar-refractivity contribution is -0.117. The maximum absolute atomic E-state index is 11.9. The molecule has 0 aromatic carbocycles. The second-order valence-electron chi connectivity index (χ2n) is 4.61. The summed E-state index contributed by atoms with van der Waals surface area (Å²) >= 11 is 0. The monoisotopic (exact) mass is 219 g/mol. The van der Waals surface area contributed by atoms with Crippen molar-refractivity contribution >= 4 is 17.3 Å². The van der Waals surface area contributed by atoms with E-state index in [0.717, 1.165) is 6.42 Å². The van der Waals surface area contributed by atoms with E-state index in [2.05, 4.69) is 4.98 Å². The molecule has 0 spiro atoms. The van der Waals surface area contributed by atoms with Crippen LogP contribution in [0.3, 0.4) is 0 Å². The van der Waals surface area contributed by atoms with Crippen LogP contribution in [0.4, 0.5) is 11.4 Å². The second kappa shape index (κ2) is 2.87. The number of carbonyl (C=O) groups excluding carboxylic acids is 1. The lowest BCUT2D eigenvalue weighted by Gasteiger charge is -2.39. The van der Waals surface area contributed by atoms with E-state index in [1.54, 1.807) is 17.2 Å². The van der Waals surface area contributed by atoms with Crippen molar-refractivity contribution in [1.29, 1.82) is 0 Å². The maximum atomic E-state index is 11.9. The Kier molecular flexibility index (Phi) is 1.70. The highest BCUT2D eigenvalue weighted by atomic mass is 16.5. The summed E-state index contributed by atoms with van der Waals surface area (Å²) < 4.78 is 5.58. The third-order valence-corrected chi connectivity index (χ3v) is 3.28. The predicted molar refractivity (Wildman–Crippen MR) is 59.3 cm³/mol. The second-order valence-corrected chi connectivity index (χ2v) is 4.61. The maximum Gasteiger partial charge on any atom is 0.238 e. The number of fused-ring (bicyclic) bond motifs is 3. The van der Waals surface area contributed by atoms with Gasteiger partial charge >= 0.3 is 0 Å². The first-order valence-electron chi connectivity index (χ1n) is 5.31. The molecule has 0 bridgehead atoms. The van der Waals surface area contributed by atoms with Gasteiger partial charge in [-0.3, -0.25) is 9.69 Å². The molecule has 1 aromatic heterocycles. The molecule has 0 unspecified atom stereocenters. The molecule has 1 atom stereocenters. The van der Waals surface area contributed by atoms with Crippen LogP contribution >= 0.6 is 0 Å². The molecule has 3 heterocycles. The Bertz CT molecular complexity index is 474. The third-order valence-electron chi connectivity index (χ3n) is 3.28. The molecular weight excluding hydrogens is 206 g/mol. The zero-order valence-corrected chi connectivity index (χ0v) is 9.06. The summed E-state index contributed by atoms with van der Waals surface area (Å²) in [5.74, 6) is 0.626. The van der Waals surface area contributed by atoms with Gasteiger partial charge in [-0.1, -0.05) is 0 Å². The number of pyridine rings is 1. The summed E-state index contributed by atoms with van der Waals surface area (Å²) in [4.78, 5) is 17.8. The van der Waals surface area contributed by atoms with E-state index in [4.69, 9.17) is 10.5 Å². The fraction of sp³-hybridized carbons (Fsp3) is 0.455. The van der Waals surface area contributed by atoms with Crippen LogP contribution in [0.1, 0.15) is 19.8 Å². The Hall–Kier alpha value is -1.78. The number of aromatic nitrogens is 1. The number of nitrogens with two attached hydrogens (primary N) is 1. The summed E-state index contributed by atoms with van der Waals surface area (Å²) in [5, 5.41) is 0. The molecule has 2 aliphatic rings. The minimum absolute atomic E-state index is 0.124. The number of ether oxygens (including phenoxy) is 1.